The molecule has 0 amide bonds. The molecule has 10 aromatic rings. The van der Waals surface area contributed by atoms with Crippen LogP contribution in [0, 0.1) is 36.5 Å². The van der Waals surface area contributed by atoms with Crippen LogP contribution in [-0.2, 0) is 0 Å². The first kappa shape index (κ1) is 32.9. The third-order valence-electron chi connectivity index (χ3n) is 11.2. The average molecular weight is 715 g/mol. The zero-order valence-corrected chi connectivity index (χ0v) is 31.0. The van der Waals surface area contributed by atoms with Crippen molar-refractivity contribution < 1.29 is 0 Å². The van der Waals surface area contributed by atoms with E-state index in [0.29, 0.717) is 11.1 Å². The molecule has 2 aromatic heterocycles. The molecule has 0 aliphatic carbocycles. The van der Waals surface area contributed by atoms with Crippen molar-refractivity contribution in [3.63, 3.8) is 0 Å². The molecule has 0 N–H and O–H groups in total. The van der Waals surface area contributed by atoms with E-state index in [1.807, 2.05) is 30.3 Å². The first-order valence-electron chi connectivity index (χ1n) is 18.8. The lowest BCUT2D eigenvalue weighted by atomic mass is 9.96. The van der Waals surface area contributed by atoms with E-state index < -0.39 is 0 Å². The van der Waals surface area contributed by atoms with Gasteiger partial charge in [0, 0.05) is 27.1 Å². The highest BCUT2D eigenvalue weighted by Gasteiger charge is 2.24. The molecule has 0 spiro atoms. The van der Waals surface area contributed by atoms with Gasteiger partial charge < -0.3 is 9.13 Å². The molecular weight excluding hydrogens is 681 g/mol. The van der Waals surface area contributed by atoms with Gasteiger partial charge >= 0.3 is 0 Å². The van der Waals surface area contributed by atoms with Crippen molar-refractivity contribution >= 4 is 43.6 Å². The van der Waals surface area contributed by atoms with E-state index in [-0.39, 0.29) is 0 Å². The summed E-state index contributed by atoms with van der Waals surface area (Å²) in [5.74, 6) is 0. The summed E-state index contributed by atoms with van der Waals surface area (Å²) in [6.45, 7) is 4.30. The quantitative estimate of drug-likeness (QED) is 0.178. The van der Waals surface area contributed by atoms with Crippen molar-refractivity contribution in [2.24, 2.45) is 0 Å². The Morgan fingerprint density at radius 2 is 0.839 bits per heavy atom. The Kier molecular flexibility index (Phi) is 7.66. The predicted octanol–water partition coefficient (Wildman–Crippen LogP) is 13.2. The maximum Gasteiger partial charge on any atom is 0.0993 e. The summed E-state index contributed by atoms with van der Waals surface area (Å²) in [4.78, 5) is 0. The zero-order chi connectivity index (χ0) is 37.9. The fraction of sp³-hybridized carbons (Fsp3) is 0.0385. The largest absolute Gasteiger partial charge is 0.308 e. The summed E-state index contributed by atoms with van der Waals surface area (Å²) in [5.41, 5.74) is 16.0. The summed E-state index contributed by atoms with van der Waals surface area (Å²) in [7, 11) is 0. The van der Waals surface area contributed by atoms with Crippen LogP contribution >= 0.6 is 0 Å². The lowest BCUT2D eigenvalue weighted by Crippen LogP contribution is -2.05. The second-order valence-corrected chi connectivity index (χ2v) is 14.5. The summed E-state index contributed by atoms with van der Waals surface area (Å²) in [5, 5.41) is 25.4. The molecule has 0 aliphatic heterocycles. The van der Waals surface area contributed by atoms with E-state index in [1.165, 1.54) is 22.3 Å². The number of para-hydroxylation sites is 2. The third kappa shape index (κ3) is 5.12. The Balaban J connectivity index is 1.33. The maximum absolute atomic E-state index is 10.7. The third-order valence-corrected chi connectivity index (χ3v) is 11.2. The highest BCUT2D eigenvalue weighted by molar-refractivity contribution is 6.13. The number of hydrogen-bond donors (Lipinski definition) is 0. The second kappa shape index (κ2) is 13.0. The molecule has 8 aromatic carbocycles. The monoisotopic (exact) mass is 714 g/mol. The van der Waals surface area contributed by atoms with Crippen LogP contribution < -0.4 is 0 Å². The number of nitrogens with zero attached hydrogens (tertiary/aromatic N) is 4. The highest BCUT2D eigenvalue weighted by Crippen LogP contribution is 2.44. The minimum absolute atomic E-state index is 0.542. The fourth-order valence-electron chi connectivity index (χ4n) is 8.66. The van der Waals surface area contributed by atoms with E-state index in [4.69, 9.17) is 0 Å². The van der Waals surface area contributed by atoms with Gasteiger partial charge in [0.1, 0.15) is 0 Å². The molecule has 0 bridgehead atoms. The van der Waals surface area contributed by atoms with Crippen molar-refractivity contribution in [1.29, 1.82) is 10.5 Å². The van der Waals surface area contributed by atoms with Gasteiger partial charge in [-0.05, 0) is 113 Å². The van der Waals surface area contributed by atoms with Crippen molar-refractivity contribution in [3.8, 4) is 56.9 Å². The predicted molar refractivity (Wildman–Crippen MR) is 230 cm³/mol. The Labute approximate surface area is 325 Å². The molecule has 0 saturated heterocycles. The minimum atomic E-state index is 0.542. The highest BCUT2D eigenvalue weighted by atomic mass is 15.0. The molecule has 0 atom stereocenters. The summed E-state index contributed by atoms with van der Waals surface area (Å²) in [6, 6.07) is 64.1. The molecule has 0 aliphatic rings. The summed E-state index contributed by atoms with van der Waals surface area (Å²) in [6.07, 6.45) is 0. The van der Waals surface area contributed by atoms with E-state index in [1.54, 1.807) is 0 Å². The molecule has 4 nitrogen and oxygen atoms in total. The van der Waals surface area contributed by atoms with Crippen LogP contribution in [0.5, 0.6) is 0 Å². The molecule has 0 fully saturated rings. The molecular formula is C52H34N4. The molecule has 4 heteroatoms. The van der Waals surface area contributed by atoms with Crippen LogP contribution in [0.15, 0.2) is 170 Å². The topological polar surface area (TPSA) is 57.4 Å². The summed E-state index contributed by atoms with van der Waals surface area (Å²) < 4.78 is 4.60. The van der Waals surface area contributed by atoms with Crippen molar-refractivity contribution in [2.45, 2.75) is 13.8 Å². The molecule has 2 heterocycles. The van der Waals surface area contributed by atoms with Gasteiger partial charge in [0.05, 0.1) is 56.7 Å². The molecule has 10 rings (SSSR count). The maximum atomic E-state index is 10.7. The van der Waals surface area contributed by atoms with Gasteiger partial charge in [-0.15, -0.1) is 0 Å². The van der Waals surface area contributed by atoms with Crippen LogP contribution in [-0.4, -0.2) is 9.13 Å². The number of aryl methyl sites for hydroxylation is 2. The van der Waals surface area contributed by atoms with E-state index >= 15 is 0 Å². The van der Waals surface area contributed by atoms with Gasteiger partial charge in [0.2, 0.25) is 0 Å². The lowest BCUT2D eigenvalue weighted by Gasteiger charge is -2.21. The minimum Gasteiger partial charge on any atom is -0.308 e. The normalized spacial score (nSPS) is 11.4. The molecule has 0 unspecified atom stereocenters. The number of nitriles is 2. The van der Waals surface area contributed by atoms with Crippen molar-refractivity contribution in [1.82, 2.24) is 9.13 Å². The van der Waals surface area contributed by atoms with Gasteiger partial charge in [-0.2, -0.15) is 10.5 Å². The molecule has 0 saturated carbocycles. The van der Waals surface area contributed by atoms with Crippen molar-refractivity contribution in [2.75, 3.05) is 0 Å². The van der Waals surface area contributed by atoms with Gasteiger partial charge in [-0.3, -0.25) is 0 Å². The SMILES string of the molecule is Cc1ccccc1-c1ccc2c(c1)c1ccccc1n2-c1cc(C#N)cc(-n2c3ccccc3c3cc(-c4ccccc4C)ccc32)c1-c1cccc(C#N)c1. The van der Waals surface area contributed by atoms with E-state index in [2.05, 4.69) is 175 Å². The molecule has 0 radical (unpaired) electrons. The first-order chi connectivity index (χ1) is 27.5. The van der Waals surface area contributed by atoms with Crippen LogP contribution in [0.4, 0.5) is 0 Å². The van der Waals surface area contributed by atoms with Gasteiger partial charge in [-0.25, -0.2) is 0 Å². The standard InChI is InChI=1S/C52H34N4/c1-33-12-3-5-16-40(33)37-22-24-48-44(29-37)42-18-7-9-20-46(42)55(48)50-27-36(32-54)28-51(52(50)39-15-11-14-35(26-39)31-53)56-47-21-10-8-19-43(47)45-30-38(23-25-49(45)56)41-17-6-4-13-34(41)2/h3-30H,1-2H3. The molecule has 56 heavy (non-hydrogen) atoms. The van der Waals surface area contributed by atoms with Crippen LogP contribution in [0.2, 0.25) is 0 Å². The Hall–Kier alpha value is -7.66. The zero-order valence-electron chi connectivity index (χ0n) is 31.0. The Morgan fingerprint density at radius 3 is 1.34 bits per heavy atom. The number of fused-ring (bicyclic) bond motifs is 6. The second-order valence-electron chi connectivity index (χ2n) is 14.5. The van der Waals surface area contributed by atoms with Crippen LogP contribution in [0.1, 0.15) is 22.3 Å². The van der Waals surface area contributed by atoms with Crippen molar-refractivity contribution in [3.05, 3.63) is 192 Å². The van der Waals surface area contributed by atoms with Gasteiger partial charge in [0.15, 0.2) is 0 Å². The number of benzene rings is 8. The molecule has 262 valence electrons. The van der Waals surface area contributed by atoms with Crippen LogP contribution in [0.25, 0.3) is 88.4 Å². The van der Waals surface area contributed by atoms with E-state index in [0.717, 1.165) is 77.2 Å². The smallest absolute Gasteiger partial charge is 0.0993 e. The summed E-state index contributed by atoms with van der Waals surface area (Å²) >= 11 is 0. The Bertz CT molecular complexity index is 3120. The average Bonchev–Trinajstić information content (AvgIpc) is 3.75. The number of rotatable bonds is 5. The fourth-order valence-corrected chi connectivity index (χ4v) is 8.66. The van der Waals surface area contributed by atoms with E-state index in [9.17, 15) is 10.5 Å². The number of hydrogen-bond acceptors (Lipinski definition) is 2. The first-order valence-corrected chi connectivity index (χ1v) is 18.8. The number of aromatic nitrogens is 2. The lowest BCUT2D eigenvalue weighted by molar-refractivity contribution is 1.13. The Morgan fingerprint density at radius 1 is 0.375 bits per heavy atom. The van der Waals surface area contributed by atoms with Crippen LogP contribution in [0.3, 0.4) is 0 Å². The van der Waals surface area contributed by atoms with Gasteiger partial charge in [-0.1, -0.05) is 109 Å². The van der Waals surface area contributed by atoms with Gasteiger partial charge in [0.25, 0.3) is 0 Å².